The molecule has 204 valence electrons. The normalized spacial score (nSPS) is 12.1. The highest BCUT2D eigenvalue weighted by Crippen LogP contribution is 2.24. The van der Waals surface area contributed by atoms with Gasteiger partial charge in [0.2, 0.25) is 5.82 Å². The van der Waals surface area contributed by atoms with Crippen LogP contribution in [0.3, 0.4) is 0 Å². The van der Waals surface area contributed by atoms with E-state index in [1.54, 1.807) is 18.4 Å². The maximum absolute atomic E-state index is 12.7. The van der Waals surface area contributed by atoms with Crippen molar-refractivity contribution in [1.82, 2.24) is 14.9 Å². The minimum Gasteiger partial charge on any atom is -0.463 e. The number of nitrogens with one attached hydrogen (secondary N) is 3. The minimum atomic E-state index is -4.82. The van der Waals surface area contributed by atoms with Crippen LogP contribution in [0.5, 0.6) is 5.75 Å². The van der Waals surface area contributed by atoms with Gasteiger partial charge in [-0.05, 0) is 36.6 Å². The first-order chi connectivity index (χ1) is 17.4. The monoisotopic (exact) mass is 528 g/mol. The van der Waals surface area contributed by atoms with Gasteiger partial charge in [0.15, 0.2) is 5.82 Å². The minimum absolute atomic E-state index is 0.0350. The molecule has 3 amide bonds. The van der Waals surface area contributed by atoms with Crippen LogP contribution in [-0.2, 0) is 16.1 Å². The molecular formula is C23H31F3N6O5. The number of aryl methyl sites for hydroxylation is 1. The van der Waals surface area contributed by atoms with E-state index in [0.29, 0.717) is 6.54 Å². The largest absolute Gasteiger partial charge is 0.573 e. The van der Waals surface area contributed by atoms with Crippen LogP contribution in [0, 0.1) is 5.92 Å². The highest BCUT2D eigenvalue weighted by atomic mass is 19.4. The van der Waals surface area contributed by atoms with Crippen molar-refractivity contribution in [3.8, 4) is 5.75 Å². The summed E-state index contributed by atoms with van der Waals surface area (Å²) in [5.41, 5.74) is 5.93. The number of nitrogens with two attached hydrogens (primary N) is 1. The standard InChI is InChI=1S/C23H31F3N6O5/c1-4-5-11-32-13-17(30-19(32)20(33)28-10-12-36-21(34)18(27)14(2)3)31-22(35)29-15-6-8-16(9-7-15)37-23(24,25)26/h6-9,13-14,18H,4-5,10-12,27H2,1-3H3,(H,28,33)(H2,29,31,35). The zero-order chi connectivity index (χ0) is 27.6. The number of hydrogen-bond donors (Lipinski definition) is 4. The summed E-state index contributed by atoms with van der Waals surface area (Å²) in [7, 11) is 0. The van der Waals surface area contributed by atoms with Gasteiger partial charge in [-0.1, -0.05) is 27.2 Å². The lowest BCUT2D eigenvalue weighted by molar-refractivity contribution is -0.274. The first kappa shape index (κ1) is 29.4. The second kappa shape index (κ2) is 13.5. The number of ether oxygens (including phenoxy) is 2. The molecule has 5 N–H and O–H groups in total. The molecule has 0 aliphatic carbocycles. The third-order valence-corrected chi connectivity index (χ3v) is 4.94. The molecule has 1 aromatic carbocycles. The molecule has 1 unspecified atom stereocenters. The number of hydrogen-bond acceptors (Lipinski definition) is 7. The smallest absolute Gasteiger partial charge is 0.463 e. The molecule has 37 heavy (non-hydrogen) atoms. The lowest BCUT2D eigenvalue weighted by Crippen LogP contribution is -2.38. The van der Waals surface area contributed by atoms with E-state index in [-0.39, 0.29) is 36.4 Å². The van der Waals surface area contributed by atoms with Crippen LogP contribution in [0.4, 0.5) is 29.5 Å². The number of imidazole rings is 1. The highest BCUT2D eigenvalue weighted by Gasteiger charge is 2.31. The molecule has 0 fully saturated rings. The van der Waals surface area contributed by atoms with Crippen molar-refractivity contribution in [2.45, 2.75) is 52.6 Å². The van der Waals surface area contributed by atoms with Gasteiger partial charge in [0.25, 0.3) is 5.91 Å². The molecule has 1 aromatic heterocycles. The second-order valence-corrected chi connectivity index (χ2v) is 8.34. The summed E-state index contributed by atoms with van der Waals surface area (Å²) in [6.07, 6.45) is -1.73. The van der Waals surface area contributed by atoms with Crippen molar-refractivity contribution in [1.29, 1.82) is 0 Å². The Hall–Kier alpha value is -3.81. The Bertz CT molecular complexity index is 1060. The fraction of sp³-hybridized carbons (Fsp3) is 0.478. The molecule has 14 heteroatoms. The van der Waals surface area contributed by atoms with Crippen LogP contribution in [-0.4, -0.2) is 53.0 Å². The van der Waals surface area contributed by atoms with Gasteiger partial charge in [0.1, 0.15) is 18.4 Å². The van der Waals surface area contributed by atoms with Crippen molar-refractivity contribution in [2.24, 2.45) is 11.7 Å². The first-order valence-electron chi connectivity index (χ1n) is 11.6. The summed E-state index contributed by atoms with van der Waals surface area (Å²) in [5.74, 6) is -1.48. The molecule has 2 aromatic rings. The fourth-order valence-corrected chi connectivity index (χ4v) is 2.94. The van der Waals surface area contributed by atoms with Crippen LogP contribution >= 0.6 is 0 Å². The Labute approximate surface area is 211 Å². The SMILES string of the molecule is CCCCn1cc(NC(=O)Nc2ccc(OC(F)(F)F)cc2)nc1C(=O)NCCOC(=O)C(N)C(C)C. The number of halogens is 3. The first-order valence-corrected chi connectivity index (χ1v) is 11.6. The van der Waals surface area contributed by atoms with E-state index in [2.05, 4.69) is 25.7 Å². The number of esters is 1. The Morgan fingerprint density at radius 2 is 1.81 bits per heavy atom. The summed E-state index contributed by atoms with van der Waals surface area (Å²) in [6, 6.07) is 3.11. The maximum atomic E-state index is 12.7. The van der Waals surface area contributed by atoms with Gasteiger partial charge in [-0.25, -0.2) is 9.78 Å². The van der Waals surface area contributed by atoms with E-state index in [0.717, 1.165) is 25.0 Å². The third kappa shape index (κ3) is 9.99. The molecule has 0 radical (unpaired) electrons. The highest BCUT2D eigenvalue weighted by molar-refractivity contribution is 5.99. The Kier molecular flexibility index (Phi) is 10.7. The van der Waals surface area contributed by atoms with E-state index in [9.17, 15) is 27.6 Å². The van der Waals surface area contributed by atoms with Gasteiger partial charge in [-0.2, -0.15) is 0 Å². The van der Waals surface area contributed by atoms with Crippen LogP contribution in [0.1, 0.15) is 44.2 Å². The summed E-state index contributed by atoms with van der Waals surface area (Å²) >= 11 is 0. The molecule has 11 nitrogen and oxygen atoms in total. The van der Waals surface area contributed by atoms with E-state index >= 15 is 0 Å². The molecule has 0 saturated carbocycles. The van der Waals surface area contributed by atoms with Crippen LogP contribution < -0.4 is 26.4 Å². The molecular weight excluding hydrogens is 497 g/mol. The Morgan fingerprint density at radius 3 is 2.41 bits per heavy atom. The van der Waals surface area contributed by atoms with Crippen LogP contribution in [0.25, 0.3) is 0 Å². The predicted octanol–water partition coefficient (Wildman–Crippen LogP) is 3.48. The number of alkyl halides is 3. The summed E-state index contributed by atoms with van der Waals surface area (Å²) in [4.78, 5) is 41.0. The lowest BCUT2D eigenvalue weighted by atomic mass is 10.1. The van der Waals surface area contributed by atoms with E-state index in [4.69, 9.17) is 10.5 Å². The zero-order valence-electron chi connectivity index (χ0n) is 20.7. The van der Waals surface area contributed by atoms with E-state index in [1.165, 1.54) is 18.3 Å². The van der Waals surface area contributed by atoms with Crippen molar-refractivity contribution in [2.75, 3.05) is 23.8 Å². The molecule has 2 rings (SSSR count). The zero-order valence-corrected chi connectivity index (χ0v) is 20.7. The van der Waals surface area contributed by atoms with Gasteiger partial charge in [0, 0.05) is 18.4 Å². The number of amides is 3. The quantitative estimate of drug-likeness (QED) is 0.243. The van der Waals surface area contributed by atoms with E-state index in [1.807, 2.05) is 6.92 Å². The summed E-state index contributed by atoms with van der Waals surface area (Å²) < 4.78 is 47.2. The van der Waals surface area contributed by atoms with Gasteiger partial charge >= 0.3 is 18.4 Å². The topological polar surface area (TPSA) is 150 Å². The number of nitrogens with zero attached hydrogens (tertiary/aromatic N) is 2. The van der Waals surface area contributed by atoms with Gasteiger partial charge in [-0.3, -0.25) is 14.9 Å². The number of urea groups is 1. The molecule has 0 saturated heterocycles. The van der Waals surface area contributed by atoms with Crippen molar-refractivity contribution < 1.29 is 37.0 Å². The molecule has 0 spiro atoms. The molecule has 1 heterocycles. The summed E-state index contributed by atoms with van der Waals surface area (Å²) in [6.45, 7) is 5.99. The molecule has 1 atom stereocenters. The van der Waals surface area contributed by atoms with E-state index < -0.39 is 36.1 Å². The number of unbranched alkanes of at least 4 members (excludes halogenated alkanes) is 1. The number of rotatable bonds is 12. The number of anilines is 2. The van der Waals surface area contributed by atoms with Crippen molar-refractivity contribution >= 4 is 29.4 Å². The number of carbonyl (C=O) groups is 3. The summed E-state index contributed by atoms with van der Waals surface area (Å²) in [5, 5.41) is 7.55. The van der Waals surface area contributed by atoms with Crippen molar-refractivity contribution in [3.05, 3.63) is 36.3 Å². The Morgan fingerprint density at radius 1 is 1.14 bits per heavy atom. The lowest BCUT2D eigenvalue weighted by Gasteiger charge is -2.14. The van der Waals surface area contributed by atoms with Gasteiger partial charge in [-0.15, -0.1) is 13.2 Å². The number of aromatic nitrogens is 2. The van der Waals surface area contributed by atoms with Gasteiger partial charge in [0.05, 0.1) is 6.54 Å². The molecule has 0 aliphatic rings. The average molecular weight is 529 g/mol. The molecule has 0 bridgehead atoms. The van der Waals surface area contributed by atoms with Crippen molar-refractivity contribution in [3.63, 3.8) is 0 Å². The Balaban J connectivity index is 1.96. The third-order valence-electron chi connectivity index (χ3n) is 4.94. The van der Waals surface area contributed by atoms with Crippen LogP contribution in [0.15, 0.2) is 30.5 Å². The van der Waals surface area contributed by atoms with Crippen LogP contribution in [0.2, 0.25) is 0 Å². The fourth-order valence-electron chi connectivity index (χ4n) is 2.94. The number of benzene rings is 1. The predicted molar refractivity (Wildman–Crippen MR) is 129 cm³/mol. The van der Waals surface area contributed by atoms with Gasteiger partial charge < -0.3 is 30.4 Å². The second-order valence-electron chi connectivity index (χ2n) is 8.34. The maximum Gasteiger partial charge on any atom is 0.573 e. The molecule has 0 aliphatic heterocycles. The average Bonchev–Trinajstić information content (AvgIpc) is 3.22. The number of carbonyl (C=O) groups excluding carboxylic acids is 3.